The van der Waals surface area contributed by atoms with Crippen molar-refractivity contribution in [2.24, 2.45) is 0 Å². The predicted octanol–water partition coefficient (Wildman–Crippen LogP) is 1.20. The molecule has 0 aliphatic heterocycles. The van der Waals surface area contributed by atoms with E-state index < -0.39 is 6.09 Å². The summed E-state index contributed by atoms with van der Waals surface area (Å²) in [6, 6.07) is 1.62. The lowest BCUT2D eigenvalue weighted by Crippen LogP contribution is -2.11. The topological polar surface area (TPSA) is 77.0 Å². The molecule has 2 heterocycles. The minimum atomic E-state index is -0.564. The molecule has 1 N–H and O–H groups in total. The van der Waals surface area contributed by atoms with Gasteiger partial charge in [-0.25, -0.2) is 9.78 Å². The zero-order valence-electron chi connectivity index (χ0n) is 7.97. The smallest absolute Gasteiger partial charge is 0.412 e. The molecule has 1 amide bonds. The van der Waals surface area contributed by atoms with Crippen LogP contribution < -0.4 is 5.32 Å². The van der Waals surface area contributed by atoms with Crippen LogP contribution in [-0.2, 0) is 4.74 Å². The highest BCUT2D eigenvalue weighted by Crippen LogP contribution is 2.11. The molecule has 2 rings (SSSR count). The number of aromatic nitrogens is 3. The van der Waals surface area contributed by atoms with Crippen molar-refractivity contribution in [2.45, 2.75) is 0 Å². The summed E-state index contributed by atoms with van der Waals surface area (Å²) in [6.45, 7) is 0. The number of hydrogen-bond donors (Lipinski definition) is 1. The molecule has 0 bridgehead atoms. The van der Waals surface area contributed by atoms with Crippen molar-refractivity contribution in [2.75, 3.05) is 12.4 Å². The number of ether oxygens (including phenoxy) is 1. The summed E-state index contributed by atoms with van der Waals surface area (Å²) in [6.07, 6.45) is 4.13. The average Bonchev–Trinajstić information content (AvgIpc) is 2.29. The molecule has 6 heteroatoms. The van der Waals surface area contributed by atoms with Gasteiger partial charge in [0.25, 0.3) is 0 Å². The van der Waals surface area contributed by atoms with Gasteiger partial charge in [-0.1, -0.05) is 0 Å². The second-order valence-corrected chi connectivity index (χ2v) is 2.73. The van der Waals surface area contributed by atoms with E-state index >= 15 is 0 Å². The fourth-order valence-electron chi connectivity index (χ4n) is 1.09. The molecule has 0 aromatic carbocycles. The lowest BCUT2D eigenvalue weighted by molar-refractivity contribution is 0.187. The monoisotopic (exact) mass is 204 g/mol. The number of fused-ring (bicyclic) bond motifs is 1. The Hall–Kier alpha value is -2.24. The Balaban J connectivity index is 2.34. The molecular formula is C9H8N4O2. The largest absolute Gasteiger partial charge is 0.453 e. The van der Waals surface area contributed by atoms with Crippen molar-refractivity contribution in [3.8, 4) is 0 Å². The molecule has 0 saturated carbocycles. The van der Waals surface area contributed by atoms with Gasteiger partial charge in [0.2, 0.25) is 0 Å². The van der Waals surface area contributed by atoms with Crippen LogP contribution in [0.4, 0.5) is 10.6 Å². The summed E-state index contributed by atoms with van der Waals surface area (Å²) in [5, 5.41) is 2.44. The van der Waals surface area contributed by atoms with Gasteiger partial charge in [0.15, 0.2) is 0 Å². The number of carbonyl (C=O) groups is 1. The van der Waals surface area contributed by atoms with E-state index in [0.29, 0.717) is 16.9 Å². The molecular weight excluding hydrogens is 196 g/mol. The zero-order chi connectivity index (χ0) is 10.7. The molecule has 0 saturated heterocycles. The lowest BCUT2D eigenvalue weighted by Gasteiger charge is -2.02. The molecule has 76 valence electrons. The maximum Gasteiger partial charge on any atom is 0.412 e. The molecule has 6 nitrogen and oxygen atoms in total. The van der Waals surface area contributed by atoms with E-state index in [0.717, 1.165) is 0 Å². The van der Waals surface area contributed by atoms with E-state index in [-0.39, 0.29) is 0 Å². The van der Waals surface area contributed by atoms with Crippen LogP contribution in [-0.4, -0.2) is 28.2 Å². The van der Waals surface area contributed by atoms with Crippen LogP contribution in [0.3, 0.4) is 0 Å². The van der Waals surface area contributed by atoms with E-state index in [1.165, 1.54) is 13.3 Å². The first-order valence-corrected chi connectivity index (χ1v) is 4.21. The molecule has 0 unspecified atom stereocenters. The summed E-state index contributed by atoms with van der Waals surface area (Å²) in [4.78, 5) is 23.0. The van der Waals surface area contributed by atoms with E-state index in [4.69, 9.17) is 0 Å². The SMILES string of the molecule is COC(=O)Nc1cc2nccnc2cn1. The lowest BCUT2D eigenvalue weighted by atomic mass is 10.4. The maximum atomic E-state index is 10.9. The van der Waals surface area contributed by atoms with Crippen molar-refractivity contribution < 1.29 is 9.53 Å². The van der Waals surface area contributed by atoms with Crippen LogP contribution >= 0.6 is 0 Å². The highest BCUT2D eigenvalue weighted by molar-refractivity contribution is 5.86. The first-order valence-electron chi connectivity index (χ1n) is 4.21. The Morgan fingerprint density at radius 2 is 2.00 bits per heavy atom. The summed E-state index contributed by atoms with van der Waals surface area (Å²) < 4.78 is 4.44. The minimum absolute atomic E-state index is 0.384. The number of amides is 1. The van der Waals surface area contributed by atoms with Crippen molar-refractivity contribution in [1.29, 1.82) is 0 Å². The van der Waals surface area contributed by atoms with Gasteiger partial charge in [-0.05, 0) is 0 Å². The molecule has 2 aromatic heterocycles. The molecule has 0 aliphatic carbocycles. The van der Waals surface area contributed by atoms with E-state index in [1.807, 2.05) is 0 Å². The molecule has 0 fully saturated rings. The van der Waals surface area contributed by atoms with Gasteiger partial charge in [0, 0.05) is 18.5 Å². The van der Waals surface area contributed by atoms with Crippen molar-refractivity contribution in [1.82, 2.24) is 15.0 Å². The molecule has 0 radical (unpaired) electrons. The van der Waals surface area contributed by atoms with Gasteiger partial charge in [0.05, 0.1) is 18.8 Å². The van der Waals surface area contributed by atoms with Crippen molar-refractivity contribution in [3.63, 3.8) is 0 Å². The third-order valence-electron chi connectivity index (χ3n) is 1.77. The predicted molar refractivity (Wildman–Crippen MR) is 53.4 cm³/mol. The highest BCUT2D eigenvalue weighted by atomic mass is 16.5. The number of nitrogens with one attached hydrogen (secondary N) is 1. The third-order valence-corrected chi connectivity index (χ3v) is 1.77. The molecule has 0 aliphatic rings. The van der Waals surface area contributed by atoms with Gasteiger partial charge in [-0.2, -0.15) is 0 Å². The Labute approximate surface area is 85.3 Å². The van der Waals surface area contributed by atoms with Gasteiger partial charge >= 0.3 is 6.09 Å². The van der Waals surface area contributed by atoms with Crippen LogP contribution in [0.2, 0.25) is 0 Å². The van der Waals surface area contributed by atoms with Gasteiger partial charge in [-0.3, -0.25) is 15.3 Å². The number of pyridine rings is 1. The zero-order valence-corrected chi connectivity index (χ0v) is 7.97. The highest BCUT2D eigenvalue weighted by Gasteiger charge is 2.03. The van der Waals surface area contributed by atoms with Gasteiger partial charge in [-0.15, -0.1) is 0 Å². The van der Waals surface area contributed by atoms with Crippen LogP contribution in [0.25, 0.3) is 11.0 Å². The second kappa shape index (κ2) is 3.87. The normalized spacial score (nSPS) is 9.93. The number of nitrogens with zero attached hydrogens (tertiary/aromatic N) is 3. The second-order valence-electron chi connectivity index (χ2n) is 2.73. The standard InChI is InChI=1S/C9H8N4O2/c1-15-9(14)13-8-4-6-7(5-12-8)11-3-2-10-6/h2-5H,1H3,(H,12,13,14). The number of rotatable bonds is 1. The van der Waals surface area contributed by atoms with Crippen LogP contribution in [0.15, 0.2) is 24.7 Å². The fourth-order valence-corrected chi connectivity index (χ4v) is 1.09. The number of hydrogen-bond acceptors (Lipinski definition) is 5. The molecule has 15 heavy (non-hydrogen) atoms. The number of anilines is 1. The first-order chi connectivity index (χ1) is 7.29. The maximum absolute atomic E-state index is 10.9. The fraction of sp³-hybridized carbons (Fsp3) is 0.111. The van der Waals surface area contributed by atoms with Gasteiger partial charge < -0.3 is 4.74 Å². The average molecular weight is 204 g/mol. The molecule has 0 atom stereocenters. The summed E-state index contributed by atoms with van der Waals surface area (Å²) in [5.74, 6) is 0.384. The summed E-state index contributed by atoms with van der Waals surface area (Å²) in [7, 11) is 1.29. The van der Waals surface area contributed by atoms with E-state index in [2.05, 4.69) is 25.0 Å². The molecule has 0 spiro atoms. The first kappa shape index (κ1) is 9.32. The Kier molecular flexibility index (Phi) is 2.40. The number of carbonyl (C=O) groups excluding carboxylic acids is 1. The van der Waals surface area contributed by atoms with Crippen molar-refractivity contribution in [3.05, 3.63) is 24.7 Å². The summed E-state index contributed by atoms with van der Waals surface area (Å²) >= 11 is 0. The quantitative estimate of drug-likeness (QED) is 0.755. The van der Waals surface area contributed by atoms with Crippen LogP contribution in [0, 0.1) is 0 Å². The van der Waals surface area contributed by atoms with Crippen LogP contribution in [0.5, 0.6) is 0 Å². The Morgan fingerprint density at radius 3 is 2.73 bits per heavy atom. The Bertz CT molecular complexity index is 500. The third kappa shape index (κ3) is 1.98. The minimum Gasteiger partial charge on any atom is -0.453 e. The Morgan fingerprint density at radius 1 is 1.27 bits per heavy atom. The summed E-state index contributed by atoms with van der Waals surface area (Å²) in [5.41, 5.74) is 1.34. The number of methoxy groups -OCH3 is 1. The van der Waals surface area contributed by atoms with Crippen molar-refractivity contribution >= 4 is 22.9 Å². The molecule has 2 aromatic rings. The van der Waals surface area contributed by atoms with Gasteiger partial charge in [0.1, 0.15) is 11.3 Å². The van der Waals surface area contributed by atoms with E-state index in [9.17, 15) is 4.79 Å². The van der Waals surface area contributed by atoms with Crippen LogP contribution in [0.1, 0.15) is 0 Å². The van der Waals surface area contributed by atoms with E-state index in [1.54, 1.807) is 18.5 Å².